The quantitative estimate of drug-likeness (QED) is 0.746. The van der Waals surface area contributed by atoms with Crippen LogP contribution in [0.3, 0.4) is 0 Å². The monoisotopic (exact) mass is 268 g/mol. The summed E-state index contributed by atoms with van der Waals surface area (Å²) in [5.74, 6) is -1.28. The molecule has 0 radical (unpaired) electrons. The number of carbonyl (C=O) groups is 2. The Morgan fingerprint density at radius 2 is 2.28 bits per heavy atom. The molecule has 1 aromatic rings. The number of nitrogens with two attached hydrogens (primary N) is 1. The fourth-order valence-corrected chi connectivity index (χ4v) is 2.89. The number of carboxylic acid groups (broad SMARTS) is 1. The van der Waals surface area contributed by atoms with Gasteiger partial charge in [-0.2, -0.15) is 0 Å². The van der Waals surface area contributed by atoms with Crippen molar-refractivity contribution in [2.45, 2.75) is 25.3 Å². The lowest BCUT2D eigenvalue weighted by Crippen LogP contribution is -2.51. The lowest BCUT2D eigenvalue weighted by atomic mass is 9.68. The van der Waals surface area contributed by atoms with Gasteiger partial charge in [0.25, 0.3) is 0 Å². The summed E-state index contributed by atoms with van der Waals surface area (Å²) in [6.45, 7) is 0.273. The van der Waals surface area contributed by atoms with Crippen LogP contribution in [-0.2, 0) is 9.59 Å². The Morgan fingerprint density at radius 1 is 1.56 bits per heavy atom. The topological polar surface area (TPSA) is 92.4 Å². The second-order valence-electron chi connectivity index (χ2n) is 4.60. The highest BCUT2D eigenvalue weighted by Crippen LogP contribution is 2.40. The van der Waals surface area contributed by atoms with Crippen molar-refractivity contribution in [3.8, 4) is 0 Å². The van der Waals surface area contributed by atoms with Crippen molar-refractivity contribution >= 4 is 23.2 Å². The van der Waals surface area contributed by atoms with Crippen LogP contribution in [0, 0.1) is 5.41 Å². The van der Waals surface area contributed by atoms with E-state index < -0.39 is 17.4 Å². The van der Waals surface area contributed by atoms with Crippen LogP contribution in [0.1, 0.15) is 30.2 Å². The zero-order chi connectivity index (χ0) is 13.2. The molecular formula is C12H16N2O3S. The number of aliphatic carboxylic acids is 1. The minimum atomic E-state index is -1.04. The van der Waals surface area contributed by atoms with Gasteiger partial charge in [-0.1, -0.05) is 12.5 Å². The van der Waals surface area contributed by atoms with Crippen molar-refractivity contribution in [1.82, 2.24) is 5.32 Å². The fraction of sp³-hybridized carbons (Fsp3) is 0.500. The molecule has 0 spiro atoms. The molecular weight excluding hydrogens is 252 g/mol. The molecule has 98 valence electrons. The van der Waals surface area contributed by atoms with E-state index in [1.165, 1.54) is 11.3 Å². The van der Waals surface area contributed by atoms with Crippen LogP contribution >= 0.6 is 11.3 Å². The van der Waals surface area contributed by atoms with Crippen molar-refractivity contribution in [3.63, 3.8) is 0 Å². The summed E-state index contributed by atoms with van der Waals surface area (Å²) in [5, 5.41) is 13.6. The van der Waals surface area contributed by atoms with Crippen molar-refractivity contribution < 1.29 is 14.7 Å². The second kappa shape index (κ2) is 5.07. The van der Waals surface area contributed by atoms with Gasteiger partial charge < -0.3 is 16.2 Å². The van der Waals surface area contributed by atoms with Crippen molar-refractivity contribution in [3.05, 3.63) is 22.4 Å². The molecule has 4 N–H and O–H groups in total. The first-order valence-electron chi connectivity index (χ1n) is 5.86. The highest BCUT2D eigenvalue weighted by Gasteiger charge is 2.44. The van der Waals surface area contributed by atoms with E-state index in [0.717, 1.165) is 19.3 Å². The first-order valence-corrected chi connectivity index (χ1v) is 6.74. The van der Waals surface area contributed by atoms with Gasteiger partial charge in [0.15, 0.2) is 6.04 Å². The first kappa shape index (κ1) is 13.0. The Labute approximate surface area is 109 Å². The highest BCUT2D eigenvalue weighted by atomic mass is 32.1. The van der Waals surface area contributed by atoms with Crippen LogP contribution in [0.4, 0.5) is 0 Å². The molecule has 1 aromatic heterocycles. The van der Waals surface area contributed by atoms with Gasteiger partial charge in [-0.05, 0) is 24.3 Å². The van der Waals surface area contributed by atoms with Crippen LogP contribution in [0.2, 0.25) is 0 Å². The average molecular weight is 268 g/mol. The number of carbonyl (C=O) groups excluding carboxylic acids is 1. The van der Waals surface area contributed by atoms with Gasteiger partial charge in [-0.15, -0.1) is 11.3 Å². The molecule has 2 rings (SSSR count). The van der Waals surface area contributed by atoms with E-state index in [4.69, 9.17) is 5.73 Å². The molecule has 0 aliphatic heterocycles. The van der Waals surface area contributed by atoms with Gasteiger partial charge in [0.2, 0.25) is 5.91 Å². The Bertz CT molecular complexity index is 435. The Hall–Kier alpha value is -1.40. The molecule has 0 aromatic carbocycles. The standard InChI is InChI=1S/C12H16N2O3S/c13-7-12(4-2-5-12)11(17)14-9(10(15)16)8-3-1-6-18-8/h1,3,6,9H,2,4-5,7,13H2,(H,14,17)(H,15,16). The van der Waals surface area contributed by atoms with Crippen molar-refractivity contribution in [2.24, 2.45) is 11.1 Å². The van der Waals surface area contributed by atoms with E-state index in [1.807, 2.05) is 0 Å². The lowest BCUT2D eigenvalue weighted by molar-refractivity contribution is -0.145. The smallest absolute Gasteiger partial charge is 0.331 e. The molecule has 1 fully saturated rings. The zero-order valence-electron chi connectivity index (χ0n) is 9.89. The summed E-state index contributed by atoms with van der Waals surface area (Å²) in [7, 11) is 0. The molecule has 1 unspecified atom stereocenters. The number of thiophene rings is 1. The number of amides is 1. The molecule has 1 amide bonds. The molecule has 1 aliphatic carbocycles. The number of rotatable bonds is 5. The van der Waals surface area contributed by atoms with Crippen LogP contribution in [0.25, 0.3) is 0 Å². The lowest BCUT2D eigenvalue weighted by Gasteiger charge is -2.39. The van der Waals surface area contributed by atoms with E-state index >= 15 is 0 Å². The Morgan fingerprint density at radius 3 is 2.67 bits per heavy atom. The summed E-state index contributed by atoms with van der Waals surface area (Å²) >= 11 is 1.32. The molecule has 5 nitrogen and oxygen atoms in total. The van der Waals surface area contributed by atoms with Gasteiger partial charge in [-0.3, -0.25) is 4.79 Å². The van der Waals surface area contributed by atoms with Crippen LogP contribution in [-0.4, -0.2) is 23.5 Å². The summed E-state index contributed by atoms with van der Waals surface area (Å²) in [6, 6.07) is 2.51. The van der Waals surface area contributed by atoms with Crippen molar-refractivity contribution in [2.75, 3.05) is 6.54 Å². The third kappa shape index (κ3) is 2.26. The highest BCUT2D eigenvalue weighted by molar-refractivity contribution is 7.10. The van der Waals surface area contributed by atoms with Gasteiger partial charge >= 0.3 is 5.97 Å². The van der Waals surface area contributed by atoms with Crippen LogP contribution < -0.4 is 11.1 Å². The minimum Gasteiger partial charge on any atom is -0.479 e. The van der Waals surface area contributed by atoms with Gasteiger partial charge in [0.1, 0.15) is 0 Å². The van der Waals surface area contributed by atoms with E-state index in [0.29, 0.717) is 4.88 Å². The maximum Gasteiger partial charge on any atom is 0.331 e. The molecule has 6 heteroatoms. The summed E-state index contributed by atoms with van der Waals surface area (Å²) < 4.78 is 0. The van der Waals surface area contributed by atoms with E-state index in [9.17, 15) is 14.7 Å². The number of carboxylic acids is 1. The van der Waals surface area contributed by atoms with E-state index in [-0.39, 0.29) is 12.5 Å². The van der Waals surface area contributed by atoms with Crippen molar-refractivity contribution in [1.29, 1.82) is 0 Å². The maximum atomic E-state index is 12.1. The summed E-state index contributed by atoms with van der Waals surface area (Å²) in [5.41, 5.74) is 5.08. The number of nitrogens with one attached hydrogen (secondary N) is 1. The molecule has 0 saturated heterocycles. The number of hydrogen-bond donors (Lipinski definition) is 3. The molecule has 1 atom stereocenters. The summed E-state index contributed by atoms with van der Waals surface area (Å²) in [4.78, 5) is 24.0. The fourth-order valence-electron chi connectivity index (χ4n) is 2.12. The first-order chi connectivity index (χ1) is 8.59. The Kier molecular flexibility index (Phi) is 3.68. The molecule has 18 heavy (non-hydrogen) atoms. The average Bonchev–Trinajstić information content (AvgIpc) is 2.77. The Balaban J connectivity index is 2.10. The normalized spacial score (nSPS) is 18.7. The third-order valence-electron chi connectivity index (χ3n) is 3.53. The number of hydrogen-bond acceptors (Lipinski definition) is 4. The molecule has 1 aliphatic rings. The zero-order valence-corrected chi connectivity index (χ0v) is 10.7. The van der Waals surface area contributed by atoms with Gasteiger partial charge in [0.05, 0.1) is 5.41 Å². The SMILES string of the molecule is NCC1(C(=O)NC(C(=O)O)c2cccs2)CCC1. The van der Waals surface area contributed by atoms with Crippen LogP contribution in [0.5, 0.6) is 0 Å². The molecule has 0 bridgehead atoms. The maximum absolute atomic E-state index is 12.1. The van der Waals surface area contributed by atoms with E-state index in [2.05, 4.69) is 5.32 Å². The van der Waals surface area contributed by atoms with Crippen LogP contribution in [0.15, 0.2) is 17.5 Å². The minimum absolute atomic E-state index is 0.239. The predicted octanol–water partition coefficient (Wildman–Crippen LogP) is 1.12. The largest absolute Gasteiger partial charge is 0.479 e. The second-order valence-corrected chi connectivity index (χ2v) is 5.58. The summed E-state index contributed by atoms with van der Waals surface area (Å²) in [6.07, 6.45) is 2.46. The predicted molar refractivity (Wildman–Crippen MR) is 68.2 cm³/mol. The molecule has 1 saturated carbocycles. The van der Waals surface area contributed by atoms with E-state index in [1.54, 1.807) is 17.5 Å². The third-order valence-corrected chi connectivity index (χ3v) is 4.47. The molecule has 1 heterocycles. The van der Waals surface area contributed by atoms with Gasteiger partial charge in [-0.25, -0.2) is 4.79 Å². The van der Waals surface area contributed by atoms with Gasteiger partial charge in [0, 0.05) is 11.4 Å².